The van der Waals surface area contributed by atoms with Crippen molar-refractivity contribution < 1.29 is 9.53 Å². The summed E-state index contributed by atoms with van der Waals surface area (Å²) in [6.45, 7) is 0. The Hall–Kier alpha value is -0.960. The predicted molar refractivity (Wildman–Crippen MR) is 89.5 cm³/mol. The molecule has 0 unspecified atom stereocenters. The van der Waals surface area contributed by atoms with Crippen LogP contribution in [-0.2, 0) is 10.9 Å². The highest BCUT2D eigenvalue weighted by molar-refractivity contribution is 7.97. The fraction of sp³-hybridized carbons (Fsp3) is 0.611. The molecule has 3 heteroatoms. The van der Waals surface area contributed by atoms with E-state index in [1.807, 2.05) is 24.3 Å². The summed E-state index contributed by atoms with van der Waals surface area (Å²) in [5.74, 6) is 4.50. The molecule has 1 saturated carbocycles. The number of carbonyl (C=O) groups excluding carboxylic acids is 1. The Morgan fingerprint density at radius 1 is 1.00 bits per heavy atom. The van der Waals surface area contributed by atoms with Gasteiger partial charge in [-0.05, 0) is 73.7 Å². The molecule has 0 N–H and O–H groups in total. The van der Waals surface area contributed by atoms with Crippen LogP contribution in [0.4, 0.5) is 0 Å². The van der Waals surface area contributed by atoms with Gasteiger partial charge in [0.2, 0.25) is 5.78 Å². The van der Waals surface area contributed by atoms with Gasteiger partial charge in [0.05, 0.1) is 6.10 Å². The fourth-order valence-electron chi connectivity index (χ4n) is 3.22. The Kier molecular flexibility index (Phi) is 5.23. The van der Waals surface area contributed by atoms with Gasteiger partial charge >= 0.3 is 0 Å². The number of rotatable bonds is 5. The Balaban J connectivity index is 1.54. The third-order valence-corrected chi connectivity index (χ3v) is 6.88. The van der Waals surface area contributed by atoms with Crippen molar-refractivity contribution in [2.24, 2.45) is 0 Å². The maximum atomic E-state index is 12.3. The van der Waals surface area contributed by atoms with Gasteiger partial charge in [0.25, 0.3) is 0 Å². The molecule has 0 atom stereocenters. The summed E-state index contributed by atoms with van der Waals surface area (Å²) in [4.78, 5) is 12.3. The average molecular weight is 305 g/mol. The minimum atomic E-state index is 0.310. The second-order valence-electron chi connectivity index (χ2n) is 6.20. The maximum absolute atomic E-state index is 12.3. The second kappa shape index (κ2) is 7.35. The number of benzene rings is 1. The lowest BCUT2D eigenvalue weighted by Crippen LogP contribution is -2.20. The third kappa shape index (κ3) is 4.26. The molecule has 1 saturated heterocycles. The van der Waals surface area contributed by atoms with Crippen molar-refractivity contribution in [3.05, 3.63) is 29.8 Å². The Morgan fingerprint density at radius 2 is 1.67 bits per heavy atom. The van der Waals surface area contributed by atoms with Crippen molar-refractivity contribution in [3.8, 4) is 5.75 Å². The molecule has 0 bridgehead atoms. The summed E-state index contributed by atoms with van der Waals surface area (Å²) in [5, 5.41) is 0. The minimum Gasteiger partial charge on any atom is -0.490 e. The van der Waals surface area contributed by atoms with E-state index in [-0.39, 0.29) is 0 Å². The number of ether oxygens (including phenoxy) is 1. The molecule has 114 valence electrons. The Morgan fingerprint density at radius 3 is 2.33 bits per heavy atom. The van der Waals surface area contributed by atoms with Gasteiger partial charge < -0.3 is 4.74 Å². The van der Waals surface area contributed by atoms with Crippen LogP contribution in [0.3, 0.4) is 0 Å². The summed E-state index contributed by atoms with van der Waals surface area (Å²) in [6, 6.07) is 7.83. The first kappa shape index (κ1) is 15.0. The molecule has 21 heavy (non-hydrogen) atoms. The summed E-state index contributed by atoms with van der Waals surface area (Å²) < 4.78 is 6.01. The third-order valence-electron chi connectivity index (χ3n) is 4.48. The molecule has 2 fully saturated rings. The van der Waals surface area contributed by atoms with Crippen molar-refractivity contribution in [2.45, 2.75) is 51.0 Å². The lowest BCUT2D eigenvalue weighted by molar-refractivity contribution is 0.102. The standard InChI is InChI=1S/C18H25O2S/c19-18(14-21-12-4-5-13-21)15-8-10-17(11-9-15)20-16-6-2-1-3-7-16/h8-11,16H,1-7,12-14H2/q+1. The van der Waals surface area contributed by atoms with E-state index in [0.29, 0.717) is 22.8 Å². The van der Waals surface area contributed by atoms with Crippen LogP contribution in [0, 0.1) is 0 Å². The monoisotopic (exact) mass is 305 g/mol. The predicted octanol–water partition coefficient (Wildman–Crippen LogP) is 3.99. The number of hydrogen-bond donors (Lipinski definition) is 0. The number of Topliss-reactive ketones (excluding diaryl/α,β-unsaturated/α-hetero) is 1. The van der Waals surface area contributed by atoms with Crippen LogP contribution in [0.1, 0.15) is 55.3 Å². The number of ketones is 1. The molecule has 0 aromatic heterocycles. The first-order chi connectivity index (χ1) is 10.3. The van der Waals surface area contributed by atoms with E-state index in [0.717, 1.165) is 17.1 Å². The van der Waals surface area contributed by atoms with Crippen molar-refractivity contribution >= 4 is 16.7 Å². The number of carbonyl (C=O) groups is 1. The smallest absolute Gasteiger partial charge is 0.211 e. The van der Waals surface area contributed by atoms with E-state index >= 15 is 0 Å². The fourth-order valence-corrected chi connectivity index (χ4v) is 5.48. The van der Waals surface area contributed by atoms with Gasteiger partial charge in [-0.25, -0.2) is 0 Å². The van der Waals surface area contributed by atoms with Crippen LogP contribution < -0.4 is 4.74 Å². The molecule has 3 rings (SSSR count). The molecule has 1 aliphatic heterocycles. The quantitative estimate of drug-likeness (QED) is 0.607. The van der Waals surface area contributed by atoms with Crippen molar-refractivity contribution in [1.29, 1.82) is 0 Å². The zero-order valence-electron chi connectivity index (χ0n) is 12.7. The van der Waals surface area contributed by atoms with Crippen LogP contribution in [0.5, 0.6) is 5.75 Å². The molecule has 1 aliphatic carbocycles. The zero-order valence-corrected chi connectivity index (χ0v) is 13.5. The normalized spacial score (nSPS) is 20.6. The first-order valence-electron chi connectivity index (χ1n) is 8.25. The highest BCUT2D eigenvalue weighted by Gasteiger charge is 2.27. The largest absolute Gasteiger partial charge is 0.490 e. The number of hydrogen-bond acceptors (Lipinski definition) is 2. The molecule has 1 aromatic carbocycles. The van der Waals surface area contributed by atoms with Crippen molar-refractivity contribution in [3.63, 3.8) is 0 Å². The molecular weight excluding hydrogens is 280 g/mol. The van der Waals surface area contributed by atoms with Gasteiger partial charge in [0, 0.05) is 5.56 Å². The van der Waals surface area contributed by atoms with Crippen LogP contribution >= 0.6 is 0 Å². The van der Waals surface area contributed by atoms with E-state index in [2.05, 4.69) is 0 Å². The minimum absolute atomic E-state index is 0.310. The molecule has 2 nitrogen and oxygen atoms in total. The van der Waals surface area contributed by atoms with Gasteiger partial charge in [0.1, 0.15) is 17.3 Å². The van der Waals surface area contributed by atoms with E-state index in [1.54, 1.807) is 0 Å². The Bertz CT molecular complexity index is 457. The molecule has 1 aromatic rings. The lowest BCUT2D eigenvalue weighted by Gasteiger charge is -2.23. The van der Waals surface area contributed by atoms with Crippen molar-refractivity contribution in [1.82, 2.24) is 0 Å². The van der Waals surface area contributed by atoms with Gasteiger partial charge in [-0.2, -0.15) is 0 Å². The van der Waals surface area contributed by atoms with E-state index in [4.69, 9.17) is 4.74 Å². The van der Waals surface area contributed by atoms with Gasteiger partial charge in [-0.15, -0.1) is 0 Å². The van der Waals surface area contributed by atoms with Gasteiger partial charge in [0.15, 0.2) is 5.75 Å². The summed E-state index contributed by atoms with van der Waals surface area (Å²) in [5.41, 5.74) is 0.852. The van der Waals surface area contributed by atoms with Gasteiger partial charge in [-0.1, -0.05) is 6.42 Å². The SMILES string of the molecule is O=C(C[S+]1CCCC1)c1ccc(OC2CCCCC2)cc1. The maximum Gasteiger partial charge on any atom is 0.211 e. The van der Waals surface area contributed by atoms with E-state index in [9.17, 15) is 4.79 Å². The van der Waals surface area contributed by atoms with Crippen LogP contribution in [0.2, 0.25) is 0 Å². The van der Waals surface area contributed by atoms with Crippen LogP contribution in [0.25, 0.3) is 0 Å². The molecule has 0 spiro atoms. The molecule has 1 heterocycles. The second-order valence-corrected chi connectivity index (χ2v) is 8.53. The van der Waals surface area contributed by atoms with E-state index < -0.39 is 0 Å². The highest BCUT2D eigenvalue weighted by Crippen LogP contribution is 2.24. The molecule has 0 amide bonds. The molecule has 0 radical (unpaired) electrons. The van der Waals surface area contributed by atoms with Crippen molar-refractivity contribution in [2.75, 3.05) is 17.3 Å². The highest BCUT2D eigenvalue weighted by atomic mass is 32.2. The summed E-state index contributed by atoms with van der Waals surface area (Å²) in [7, 11) is 0.350. The zero-order chi connectivity index (χ0) is 14.5. The van der Waals surface area contributed by atoms with Crippen LogP contribution in [0.15, 0.2) is 24.3 Å². The molecule has 2 aliphatic rings. The summed E-state index contributed by atoms with van der Waals surface area (Å²) in [6.07, 6.45) is 9.24. The topological polar surface area (TPSA) is 26.3 Å². The van der Waals surface area contributed by atoms with Gasteiger partial charge in [-0.3, -0.25) is 4.79 Å². The van der Waals surface area contributed by atoms with Crippen LogP contribution in [-0.4, -0.2) is 29.1 Å². The molecular formula is C18H25O2S+. The lowest BCUT2D eigenvalue weighted by atomic mass is 9.98. The average Bonchev–Trinajstić information content (AvgIpc) is 3.02. The summed E-state index contributed by atoms with van der Waals surface area (Å²) >= 11 is 0. The Labute approximate surface area is 130 Å². The first-order valence-corrected chi connectivity index (χ1v) is 9.98. The van der Waals surface area contributed by atoms with E-state index in [1.165, 1.54) is 56.5 Å².